The number of Topliss-reactive ketones (excluding diaryl/α,β-unsaturated/α-hetero) is 1. The molecule has 0 fully saturated rings. The van der Waals surface area contributed by atoms with Crippen LogP contribution in [0.3, 0.4) is 0 Å². The molecule has 0 saturated carbocycles. The summed E-state index contributed by atoms with van der Waals surface area (Å²) in [7, 11) is 1.60. The van der Waals surface area contributed by atoms with Gasteiger partial charge in [-0.2, -0.15) is 5.26 Å². The maximum Gasteiger partial charge on any atom is 0.269 e. The Labute approximate surface area is 243 Å². The number of benzene rings is 2. The van der Waals surface area contributed by atoms with Crippen LogP contribution in [0.5, 0.6) is 5.75 Å². The largest absolute Gasteiger partial charge is 0.487 e. The molecule has 4 rings (SSSR count). The SMILES string of the molecule is COCCN1C(N)=C(C#N)[C@H](c2cc(Br)c(OCc3ccc([N+](=O)[O-])cc3)c(Br)c2)C2=C1CC(C)(C)CC2=O. The molecule has 2 aliphatic rings. The summed E-state index contributed by atoms with van der Waals surface area (Å²) in [6.07, 6.45) is 1.02. The first-order valence-corrected chi connectivity index (χ1v) is 13.8. The van der Waals surface area contributed by atoms with Crippen LogP contribution >= 0.6 is 31.9 Å². The number of nitrogens with two attached hydrogens (primary N) is 1. The van der Waals surface area contributed by atoms with Crippen molar-refractivity contribution in [2.24, 2.45) is 11.1 Å². The molecule has 2 aromatic carbocycles. The number of ether oxygens (including phenoxy) is 2. The van der Waals surface area contributed by atoms with Gasteiger partial charge in [0.1, 0.15) is 18.2 Å². The van der Waals surface area contributed by atoms with E-state index in [0.717, 1.165) is 16.8 Å². The van der Waals surface area contributed by atoms with Gasteiger partial charge in [-0.05, 0) is 79.1 Å². The lowest BCUT2D eigenvalue weighted by atomic mass is 9.68. The number of allylic oxidation sites excluding steroid dienone is 3. The highest BCUT2D eigenvalue weighted by Crippen LogP contribution is 2.50. The molecule has 1 heterocycles. The van der Waals surface area contributed by atoms with Gasteiger partial charge >= 0.3 is 0 Å². The van der Waals surface area contributed by atoms with E-state index in [4.69, 9.17) is 15.2 Å². The molecular weight excluding hydrogens is 632 g/mol. The molecule has 1 aliphatic heterocycles. The molecule has 0 bridgehead atoms. The molecular formula is C28H28Br2N4O5. The van der Waals surface area contributed by atoms with Crippen molar-refractivity contribution >= 4 is 43.3 Å². The van der Waals surface area contributed by atoms with Crippen molar-refractivity contribution in [3.8, 4) is 11.8 Å². The normalized spacial score (nSPS) is 18.6. The molecule has 0 saturated heterocycles. The highest BCUT2D eigenvalue weighted by molar-refractivity contribution is 9.11. The van der Waals surface area contributed by atoms with Crippen LogP contribution in [0.25, 0.3) is 0 Å². The van der Waals surface area contributed by atoms with Gasteiger partial charge in [0.2, 0.25) is 0 Å². The molecule has 11 heteroatoms. The average molecular weight is 660 g/mol. The van der Waals surface area contributed by atoms with Crippen LogP contribution in [0.1, 0.15) is 43.7 Å². The molecule has 2 N–H and O–H groups in total. The number of carbonyl (C=O) groups is 1. The third-order valence-electron chi connectivity index (χ3n) is 6.89. The molecule has 2 aromatic rings. The average Bonchev–Trinajstić information content (AvgIpc) is 2.86. The molecule has 204 valence electrons. The fourth-order valence-electron chi connectivity index (χ4n) is 5.10. The second kappa shape index (κ2) is 11.5. The Bertz CT molecular complexity index is 1400. The van der Waals surface area contributed by atoms with Crippen LogP contribution in [0.4, 0.5) is 5.69 Å². The van der Waals surface area contributed by atoms with Crippen LogP contribution in [-0.2, 0) is 16.1 Å². The van der Waals surface area contributed by atoms with E-state index in [0.29, 0.717) is 57.7 Å². The Hall–Kier alpha value is -3.20. The van der Waals surface area contributed by atoms with Crippen molar-refractivity contribution in [2.45, 2.75) is 39.2 Å². The topological polar surface area (TPSA) is 132 Å². The van der Waals surface area contributed by atoms with Crippen LogP contribution < -0.4 is 10.5 Å². The number of hydrogen-bond acceptors (Lipinski definition) is 8. The number of ketones is 1. The number of carbonyl (C=O) groups excluding carboxylic acids is 1. The number of halogens is 2. The number of methoxy groups -OCH3 is 1. The zero-order valence-electron chi connectivity index (χ0n) is 21.8. The van der Waals surface area contributed by atoms with E-state index in [-0.39, 0.29) is 23.5 Å². The third-order valence-corrected chi connectivity index (χ3v) is 8.07. The van der Waals surface area contributed by atoms with Gasteiger partial charge in [0.15, 0.2) is 5.78 Å². The molecule has 0 spiro atoms. The number of rotatable bonds is 8. The molecule has 1 atom stereocenters. The van der Waals surface area contributed by atoms with E-state index in [9.17, 15) is 20.2 Å². The fraction of sp³-hybridized carbons (Fsp3) is 0.357. The Morgan fingerprint density at radius 1 is 1.21 bits per heavy atom. The van der Waals surface area contributed by atoms with E-state index in [2.05, 4.69) is 51.8 Å². The van der Waals surface area contributed by atoms with Gasteiger partial charge in [-0.1, -0.05) is 13.8 Å². The minimum atomic E-state index is -0.622. The monoisotopic (exact) mass is 658 g/mol. The quantitative estimate of drug-likeness (QED) is 0.266. The third kappa shape index (κ3) is 5.88. The van der Waals surface area contributed by atoms with Gasteiger partial charge in [-0.25, -0.2) is 0 Å². The Balaban J connectivity index is 1.72. The number of nitro benzene ring substituents is 1. The van der Waals surface area contributed by atoms with E-state index < -0.39 is 10.8 Å². The number of nitriles is 1. The lowest BCUT2D eigenvalue weighted by Crippen LogP contribution is -2.43. The van der Waals surface area contributed by atoms with Gasteiger partial charge in [-0.3, -0.25) is 14.9 Å². The minimum Gasteiger partial charge on any atom is -0.487 e. The number of nitrogens with zero attached hydrogens (tertiary/aromatic N) is 3. The summed E-state index contributed by atoms with van der Waals surface area (Å²) in [4.78, 5) is 25.9. The number of non-ortho nitro benzene ring substituents is 1. The van der Waals surface area contributed by atoms with Gasteiger partial charge in [-0.15, -0.1) is 0 Å². The van der Waals surface area contributed by atoms with E-state index >= 15 is 0 Å². The predicted molar refractivity (Wildman–Crippen MR) is 152 cm³/mol. The second-order valence-electron chi connectivity index (χ2n) is 10.3. The zero-order valence-corrected chi connectivity index (χ0v) is 25.0. The summed E-state index contributed by atoms with van der Waals surface area (Å²) in [5.74, 6) is 0.230. The molecule has 0 aromatic heterocycles. The van der Waals surface area contributed by atoms with Crippen molar-refractivity contribution in [1.82, 2.24) is 4.90 Å². The highest BCUT2D eigenvalue weighted by Gasteiger charge is 2.44. The van der Waals surface area contributed by atoms with Crippen molar-refractivity contribution in [2.75, 3.05) is 20.3 Å². The Morgan fingerprint density at radius 3 is 2.41 bits per heavy atom. The summed E-state index contributed by atoms with van der Waals surface area (Å²) in [6, 6.07) is 12.1. The second-order valence-corrected chi connectivity index (χ2v) is 12.0. The number of nitro groups is 1. The molecule has 1 aliphatic carbocycles. The summed E-state index contributed by atoms with van der Waals surface area (Å²) < 4.78 is 12.5. The molecule has 0 amide bonds. The van der Waals surface area contributed by atoms with Crippen LogP contribution in [-0.4, -0.2) is 35.9 Å². The summed E-state index contributed by atoms with van der Waals surface area (Å²) in [5, 5.41) is 21.1. The molecule has 0 unspecified atom stereocenters. The summed E-state index contributed by atoms with van der Waals surface area (Å²) in [6.45, 7) is 5.13. The van der Waals surface area contributed by atoms with Crippen molar-refractivity contribution in [3.05, 3.63) is 89.2 Å². The molecule has 39 heavy (non-hydrogen) atoms. The maximum absolute atomic E-state index is 13.6. The fourth-order valence-corrected chi connectivity index (χ4v) is 6.55. The van der Waals surface area contributed by atoms with Gasteiger partial charge < -0.3 is 20.1 Å². The smallest absolute Gasteiger partial charge is 0.269 e. The van der Waals surface area contributed by atoms with Crippen molar-refractivity contribution < 1.29 is 19.2 Å². The standard InChI is InChI=1S/C28H28Br2N4O5/c1-28(2)12-22-25(23(35)13-28)24(19(14-31)27(32)33(22)8-9-38-3)17-10-20(29)26(21(30)11-17)39-15-16-4-6-18(7-5-16)34(36)37/h4-7,10-11,24H,8-9,12-13,15,32H2,1-3H3/t24-/m0/s1. The molecule has 0 radical (unpaired) electrons. The van der Waals surface area contributed by atoms with Crippen molar-refractivity contribution in [3.63, 3.8) is 0 Å². The van der Waals surface area contributed by atoms with Gasteiger partial charge in [0.05, 0.1) is 38.0 Å². The summed E-state index contributed by atoms with van der Waals surface area (Å²) >= 11 is 7.18. The minimum absolute atomic E-state index is 0.000315. The zero-order chi connectivity index (χ0) is 28.5. The summed E-state index contributed by atoms with van der Waals surface area (Å²) in [5.41, 5.74) is 9.58. The maximum atomic E-state index is 13.6. The first-order valence-electron chi connectivity index (χ1n) is 12.2. The van der Waals surface area contributed by atoms with E-state index in [1.807, 2.05) is 17.0 Å². The number of hydrogen-bond donors (Lipinski definition) is 1. The molecule has 9 nitrogen and oxygen atoms in total. The van der Waals surface area contributed by atoms with E-state index in [1.165, 1.54) is 12.1 Å². The lowest BCUT2D eigenvalue weighted by Gasteiger charge is -2.43. The van der Waals surface area contributed by atoms with Crippen molar-refractivity contribution in [1.29, 1.82) is 5.26 Å². The highest BCUT2D eigenvalue weighted by atomic mass is 79.9. The van der Waals surface area contributed by atoms with Crippen LogP contribution in [0, 0.1) is 26.9 Å². The first-order chi connectivity index (χ1) is 18.5. The van der Waals surface area contributed by atoms with E-state index in [1.54, 1.807) is 19.2 Å². The Kier molecular flexibility index (Phi) is 8.49. The Morgan fingerprint density at radius 2 is 1.85 bits per heavy atom. The first kappa shape index (κ1) is 28.8. The van der Waals surface area contributed by atoms with Crippen LogP contribution in [0.2, 0.25) is 0 Å². The van der Waals surface area contributed by atoms with Crippen LogP contribution in [0.15, 0.2) is 68.0 Å². The lowest BCUT2D eigenvalue weighted by molar-refractivity contribution is -0.384. The van der Waals surface area contributed by atoms with Gasteiger partial charge in [0, 0.05) is 43.5 Å². The predicted octanol–water partition coefficient (Wildman–Crippen LogP) is 6.08. The van der Waals surface area contributed by atoms with Gasteiger partial charge in [0.25, 0.3) is 5.69 Å².